The van der Waals surface area contributed by atoms with Crippen LogP contribution in [0.5, 0.6) is 0 Å². The molecule has 0 bridgehead atoms. The van der Waals surface area contributed by atoms with Gasteiger partial charge >= 0.3 is 10.3 Å². The molecule has 3 atom stereocenters. The average molecular weight is 592 g/mol. The summed E-state index contributed by atoms with van der Waals surface area (Å²) in [5.74, 6) is -0.294. The second-order valence-electron chi connectivity index (χ2n) is 10.2. The second-order valence-corrected chi connectivity index (χ2v) is 13.0. The number of halogens is 1. The zero-order chi connectivity index (χ0) is 27.9. The highest BCUT2D eigenvalue weighted by molar-refractivity contribution is 7.84. The molecular formula is C26H30ClN5O5S2. The molecule has 0 amide bonds. The van der Waals surface area contributed by atoms with Crippen molar-refractivity contribution in [2.24, 2.45) is 11.1 Å². The molecular weight excluding hydrogens is 562 g/mol. The van der Waals surface area contributed by atoms with Crippen molar-refractivity contribution in [3.63, 3.8) is 0 Å². The van der Waals surface area contributed by atoms with E-state index >= 15 is 0 Å². The first-order valence-corrected chi connectivity index (χ1v) is 15.2. The molecule has 1 fully saturated rings. The van der Waals surface area contributed by atoms with Crippen LogP contribution in [0.4, 0.5) is 5.82 Å². The maximum absolute atomic E-state index is 13.7. The number of hydrogen-bond acceptors (Lipinski definition) is 10. The Bertz CT molecular complexity index is 1510. The van der Waals surface area contributed by atoms with Crippen LogP contribution in [0.25, 0.3) is 11.1 Å². The minimum Gasteiger partial charge on any atom is -0.393 e. The number of aliphatic hydroxyl groups excluding tert-OH is 1. The number of likely N-dealkylation sites (N-methyl/N-ethyl adjacent to an activating group) is 1. The van der Waals surface area contributed by atoms with Crippen molar-refractivity contribution >= 4 is 44.8 Å². The van der Waals surface area contributed by atoms with Gasteiger partial charge in [-0.3, -0.25) is 8.98 Å². The van der Waals surface area contributed by atoms with Gasteiger partial charge in [0.15, 0.2) is 0 Å². The number of thiophene rings is 1. The molecule has 1 aromatic carbocycles. The van der Waals surface area contributed by atoms with E-state index in [1.54, 1.807) is 0 Å². The molecule has 5 rings (SSSR count). The molecule has 0 radical (unpaired) electrons. The summed E-state index contributed by atoms with van der Waals surface area (Å²) >= 11 is 8.12. The second kappa shape index (κ2) is 11.2. The van der Waals surface area contributed by atoms with Crippen molar-refractivity contribution in [3.05, 3.63) is 62.2 Å². The number of fused-ring (bicyclic) bond motifs is 1. The van der Waals surface area contributed by atoms with Crippen LogP contribution in [0.15, 0.2) is 30.7 Å². The lowest BCUT2D eigenvalue weighted by Gasteiger charge is -2.27. The molecule has 3 heterocycles. The molecule has 13 heteroatoms. The molecule has 0 spiro atoms. The number of ketones is 1. The van der Waals surface area contributed by atoms with Gasteiger partial charge in [-0.05, 0) is 62.1 Å². The molecule has 2 aliphatic rings. The van der Waals surface area contributed by atoms with Crippen LogP contribution in [0.3, 0.4) is 0 Å². The zero-order valence-electron chi connectivity index (χ0n) is 21.6. The summed E-state index contributed by atoms with van der Waals surface area (Å²) in [7, 11) is -2.01. The number of nitrogens with zero attached hydrogens (tertiary/aromatic N) is 3. The minimum atomic E-state index is -4.10. The van der Waals surface area contributed by atoms with Gasteiger partial charge in [0, 0.05) is 46.7 Å². The molecule has 1 aliphatic heterocycles. The number of carbonyl (C=O) groups is 1. The highest BCUT2D eigenvalue weighted by Crippen LogP contribution is 2.41. The Morgan fingerprint density at radius 1 is 1.36 bits per heavy atom. The molecule has 1 saturated carbocycles. The summed E-state index contributed by atoms with van der Waals surface area (Å²) in [4.78, 5) is 25.9. The Balaban J connectivity index is 1.39. The van der Waals surface area contributed by atoms with Gasteiger partial charge in [0.2, 0.25) is 5.78 Å². The zero-order valence-corrected chi connectivity index (χ0v) is 23.9. The summed E-state index contributed by atoms with van der Waals surface area (Å²) in [6.45, 7) is 3.55. The number of nitrogens with one attached hydrogen (secondary N) is 1. The highest BCUT2D eigenvalue weighted by atomic mass is 35.5. The number of aromatic nitrogens is 2. The lowest BCUT2D eigenvalue weighted by atomic mass is 9.91. The molecule has 1 aliphatic carbocycles. The van der Waals surface area contributed by atoms with E-state index in [9.17, 15) is 18.3 Å². The number of anilines is 1. The van der Waals surface area contributed by atoms with Crippen molar-refractivity contribution < 1.29 is 22.5 Å². The topological polar surface area (TPSA) is 148 Å². The molecule has 10 nitrogen and oxygen atoms in total. The van der Waals surface area contributed by atoms with E-state index in [2.05, 4.69) is 37.5 Å². The minimum absolute atomic E-state index is 0.216. The van der Waals surface area contributed by atoms with Crippen molar-refractivity contribution in [3.8, 4) is 11.1 Å². The van der Waals surface area contributed by atoms with E-state index in [4.69, 9.17) is 16.7 Å². The fraction of sp³-hybridized carbons (Fsp3) is 0.423. The number of aliphatic hydroxyl groups is 1. The summed E-state index contributed by atoms with van der Waals surface area (Å²) in [5.41, 5.74) is 4.71. The van der Waals surface area contributed by atoms with Gasteiger partial charge in [0.25, 0.3) is 0 Å². The number of nitrogens with two attached hydrogens (primary N) is 1. The number of hydrogen-bond donors (Lipinski definition) is 3. The van der Waals surface area contributed by atoms with Crippen molar-refractivity contribution in [1.29, 1.82) is 0 Å². The summed E-state index contributed by atoms with van der Waals surface area (Å²) in [6.07, 6.45) is 3.75. The van der Waals surface area contributed by atoms with E-state index in [0.29, 0.717) is 34.1 Å². The monoisotopic (exact) mass is 591 g/mol. The van der Waals surface area contributed by atoms with Crippen LogP contribution < -0.4 is 10.5 Å². The van der Waals surface area contributed by atoms with Gasteiger partial charge in [-0.2, -0.15) is 8.42 Å². The number of carbonyl (C=O) groups excluding carboxylic acids is 1. The molecule has 2 aromatic heterocycles. The van der Waals surface area contributed by atoms with Gasteiger partial charge in [0.05, 0.1) is 23.2 Å². The summed E-state index contributed by atoms with van der Waals surface area (Å²) < 4.78 is 26.9. The van der Waals surface area contributed by atoms with Crippen LogP contribution in [-0.4, -0.2) is 66.5 Å². The molecule has 3 aromatic rings. The van der Waals surface area contributed by atoms with Crippen LogP contribution in [-0.2, 0) is 27.5 Å². The van der Waals surface area contributed by atoms with Crippen LogP contribution in [0.1, 0.15) is 44.1 Å². The van der Waals surface area contributed by atoms with Gasteiger partial charge in [-0.25, -0.2) is 15.1 Å². The van der Waals surface area contributed by atoms with E-state index in [0.717, 1.165) is 35.5 Å². The molecule has 4 N–H and O–H groups in total. The number of rotatable bonds is 8. The van der Waals surface area contributed by atoms with Crippen molar-refractivity contribution in [2.75, 3.05) is 25.5 Å². The van der Waals surface area contributed by atoms with E-state index in [1.165, 1.54) is 35.0 Å². The van der Waals surface area contributed by atoms with E-state index in [-0.39, 0.29) is 18.4 Å². The third kappa shape index (κ3) is 6.17. The fourth-order valence-electron chi connectivity index (χ4n) is 5.39. The van der Waals surface area contributed by atoms with E-state index < -0.39 is 22.3 Å². The van der Waals surface area contributed by atoms with Crippen LogP contribution in [0, 0.1) is 12.8 Å². The van der Waals surface area contributed by atoms with E-state index in [1.807, 2.05) is 19.1 Å². The predicted octanol–water partition coefficient (Wildman–Crippen LogP) is 3.16. The largest absolute Gasteiger partial charge is 0.393 e. The van der Waals surface area contributed by atoms with Crippen LogP contribution >= 0.6 is 22.9 Å². The molecule has 39 heavy (non-hydrogen) atoms. The average Bonchev–Trinajstić information content (AvgIpc) is 3.43. The first kappa shape index (κ1) is 28.1. The third-order valence-electron chi connectivity index (χ3n) is 7.36. The Morgan fingerprint density at radius 2 is 2.15 bits per heavy atom. The lowest BCUT2D eigenvalue weighted by molar-refractivity contribution is 0.101. The Hall–Kier alpha value is -2.45. The standard InChI is InChI=1S/C26H30ClN5O5S2/c1-14-18(24-20-11-32(2)6-5-15(20)3-4-21(24)27)9-23(38-14)25(34)19-10-29-13-30-26(19)31-17-7-16(22(33)8-17)12-37-39(28,35)36/h3-4,9-10,13,16-17,22,33H,5-8,11-12H2,1-2H3,(H2,28,35,36)(H,29,30,31)/t16-,17-,22+/m1/s1. The van der Waals surface area contributed by atoms with Crippen LogP contribution in [0.2, 0.25) is 5.02 Å². The van der Waals surface area contributed by atoms with Gasteiger partial charge < -0.3 is 15.3 Å². The number of aryl methyl sites for hydroxylation is 1. The number of benzene rings is 1. The fourth-order valence-corrected chi connectivity index (χ4v) is 7.01. The maximum atomic E-state index is 13.7. The summed E-state index contributed by atoms with van der Waals surface area (Å²) in [6, 6.07) is 5.68. The Morgan fingerprint density at radius 3 is 2.92 bits per heavy atom. The summed E-state index contributed by atoms with van der Waals surface area (Å²) in [5, 5.41) is 19.2. The molecule has 208 valence electrons. The molecule has 0 saturated heterocycles. The first-order valence-electron chi connectivity index (χ1n) is 12.6. The van der Waals surface area contributed by atoms with Gasteiger partial charge in [0.1, 0.15) is 12.1 Å². The Labute approximate surface area is 236 Å². The van der Waals surface area contributed by atoms with Crippen molar-refractivity contribution in [1.82, 2.24) is 14.9 Å². The maximum Gasteiger partial charge on any atom is 0.333 e. The quantitative estimate of drug-likeness (QED) is 0.336. The lowest BCUT2D eigenvalue weighted by Crippen LogP contribution is -2.27. The predicted molar refractivity (Wildman–Crippen MR) is 150 cm³/mol. The first-order chi connectivity index (χ1) is 18.5. The molecule has 0 unspecified atom stereocenters. The van der Waals surface area contributed by atoms with Gasteiger partial charge in [-0.1, -0.05) is 17.7 Å². The Kier molecular flexibility index (Phi) is 8.07. The normalized spacial score (nSPS) is 21.6. The van der Waals surface area contributed by atoms with Gasteiger partial charge in [-0.15, -0.1) is 11.3 Å². The smallest absolute Gasteiger partial charge is 0.333 e. The third-order valence-corrected chi connectivity index (χ3v) is 9.19. The van der Waals surface area contributed by atoms with Crippen molar-refractivity contribution in [2.45, 2.75) is 44.9 Å². The SMILES string of the molecule is Cc1sc(C(=O)c2cncnc2N[C@@H]2C[C@H](COS(N)(=O)=O)[C@@H](O)C2)cc1-c1c(Cl)ccc2c1CN(C)CC2. The highest BCUT2D eigenvalue weighted by Gasteiger charge is 2.35.